The highest BCUT2D eigenvalue weighted by atomic mass is 16.5. The minimum absolute atomic E-state index is 0.820. The van der Waals surface area contributed by atoms with E-state index in [0.29, 0.717) is 0 Å². The first-order chi connectivity index (χ1) is 11.9. The molecule has 0 amide bonds. The highest BCUT2D eigenvalue weighted by Crippen LogP contribution is 2.23. The quantitative estimate of drug-likeness (QED) is 0.703. The van der Waals surface area contributed by atoms with E-state index in [4.69, 9.17) is 4.74 Å². The van der Waals surface area contributed by atoms with Crippen LogP contribution in [0.4, 0.5) is 11.4 Å². The van der Waals surface area contributed by atoms with Gasteiger partial charge in [0.05, 0.1) is 6.61 Å². The molecule has 2 aromatic carbocycles. The maximum absolute atomic E-state index is 5.80. The lowest BCUT2D eigenvalue weighted by Gasteiger charge is -2.37. The van der Waals surface area contributed by atoms with Crippen molar-refractivity contribution in [3.05, 3.63) is 54.6 Å². The predicted octanol–water partition coefficient (Wildman–Crippen LogP) is 4.38. The second-order valence-corrected chi connectivity index (χ2v) is 6.28. The summed E-state index contributed by atoms with van der Waals surface area (Å²) in [5.41, 5.74) is 2.58. The fourth-order valence-corrected chi connectivity index (χ4v) is 3.11. The van der Waals surface area contributed by atoms with Gasteiger partial charge in [0.15, 0.2) is 0 Å². The Hall–Kier alpha value is -2.16. The molecule has 0 unspecified atom stereocenters. The van der Waals surface area contributed by atoms with Crippen molar-refractivity contribution in [1.29, 1.82) is 0 Å². The molecule has 0 bridgehead atoms. The molecule has 3 nitrogen and oxygen atoms in total. The molecule has 2 aromatic rings. The molecule has 0 saturated carbocycles. The molecule has 3 rings (SSSR count). The lowest BCUT2D eigenvalue weighted by molar-refractivity contribution is 0.306. The summed E-state index contributed by atoms with van der Waals surface area (Å²) in [6.07, 6.45) is 3.61. The summed E-state index contributed by atoms with van der Waals surface area (Å²) >= 11 is 0. The number of nitrogens with zero attached hydrogens (tertiary/aromatic N) is 2. The standard InChI is InChI=1S/C21H27N2O/c1-2-3-7-18-24-21-12-10-20(11-13-21)23-16-14-22(15-17-23)19-8-5-4-6-9-19/h5-6,8-13H,2-3,7,14-18H2,1H3. The van der Waals surface area contributed by atoms with E-state index in [1.165, 1.54) is 24.2 Å². The van der Waals surface area contributed by atoms with Gasteiger partial charge in [-0.05, 0) is 48.9 Å². The first-order valence-corrected chi connectivity index (χ1v) is 9.05. The molecule has 3 heteroatoms. The summed E-state index contributed by atoms with van der Waals surface area (Å²) in [5.74, 6) is 0.981. The smallest absolute Gasteiger partial charge is 0.119 e. The van der Waals surface area contributed by atoms with Gasteiger partial charge in [-0.2, -0.15) is 0 Å². The zero-order valence-electron chi connectivity index (χ0n) is 14.6. The van der Waals surface area contributed by atoms with Gasteiger partial charge in [0.2, 0.25) is 0 Å². The number of anilines is 2. The van der Waals surface area contributed by atoms with Crippen molar-refractivity contribution in [2.24, 2.45) is 0 Å². The third-order valence-corrected chi connectivity index (χ3v) is 4.56. The average molecular weight is 323 g/mol. The van der Waals surface area contributed by atoms with Crippen molar-refractivity contribution in [3.63, 3.8) is 0 Å². The molecule has 1 aliphatic heterocycles. The molecule has 0 spiro atoms. The van der Waals surface area contributed by atoms with Crippen LogP contribution in [-0.2, 0) is 0 Å². The molecule has 1 radical (unpaired) electrons. The predicted molar refractivity (Wildman–Crippen MR) is 101 cm³/mol. The van der Waals surface area contributed by atoms with Crippen LogP contribution < -0.4 is 14.5 Å². The van der Waals surface area contributed by atoms with E-state index in [1.807, 2.05) is 12.1 Å². The number of rotatable bonds is 7. The summed E-state index contributed by atoms with van der Waals surface area (Å²) in [6.45, 7) is 7.24. The van der Waals surface area contributed by atoms with Crippen LogP contribution >= 0.6 is 0 Å². The van der Waals surface area contributed by atoms with Crippen LogP contribution in [-0.4, -0.2) is 32.8 Å². The molecule has 1 heterocycles. The van der Waals surface area contributed by atoms with Crippen LogP contribution in [0.15, 0.2) is 48.5 Å². The summed E-state index contributed by atoms with van der Waals surface area (Å²) in [6, 6.07) is 19.9. The summed E-state index contributed by atoms with van der Waals surface area (Å²) in [4.78, 5) is 4.89. The largest absolute Gasteiger partial charge is 0.494 e. The molecule has 0 aromatic heterocycles. The van der Waals surface area contributed by atoms with E-state index in [-0.39, 0.29) is 0 Å². The van der Waals surface area contributed by atoms with Crippen molar-refractivity contribution in [1.82, 2.24) is 0 Å². The second kappa shape index (κ2) is 8.62. The van der Waals surface area contributed by atoms with Crippen LogP contribution in [0.1, 0.15) is 26.2 Å². The topological polar surface area (TPSA) is 15.7 Å². The van der Waals surface area contributed by atoms with Crippen molar-refractivity contribution in [2.75, 3.05) is 42.6 Å². The zero-order chi connectivity index (χ0) is 16.6. The molecule has 1 aliphatic rings. The molecule has 0 aliphatic carbocycles. The molecular weight excluding hydrogens is 296 g/mol. The van der Waals surface area contributed by atoms with E-state index >= 15 is 0 Å². The number of unbranched alkanes of at least 4 members (excludes halogenated alkanes) is 2. The van der Waals surface area contributed by atoms with Gasteiger partial charge in [-0.1, -0.05) is 31.9 Å². The molecule has 0 N–H and O–H groups in total. The lowest BCUT2D eigenvalue weighted by atomic mass is 10.2. The normalized spacial score (nSPS) is 14.7. The Kier molecular flexibility index (Phi) is 6.00. The maximum Gasteiger partial charge on any atom is 0.119 e. The average Bonchev–Trinajstić information content (AvgIpc) is 2.67. The van der Waals surface area contributed by atoms with Crippen molar-refractivity contribution in [2.45, 2.75) is 26.2 Å². The van der Waals surface area contributed by atoms with Gasteiger partial charge in [0, 0.05) is 37.6 Å². The molecule has 127 valence electrons. The fraction of sp³-hybridized carbons (Fsp3) is 0.429. The third-order valence-electron chi connectivity index (χ3n) is 4.56. The van der Waals surface area contributed by atoms with E-state index in [0.717, 1.165) is 45.0 Å². The minimum atomic E-state index is 0.820. The van der Waals surface area contributed by atoms with Crippen LogP contribution in [0.2, 0.25) is 0 Å². The van der Waals surface area contributed by atoms with Crippen LogP contribution in [0.3, 0.4) is 0 Å². The Balaban J connectivity index is 1.49. The van der Waals surface area contributed by atoms with Crippen LogP contribution in [0.25, 0.3) is 0 Å². The van der Waals surface area contributed by atoms with Gasteiger partial charge in [-0.3, -0.25) is 0 Å². The molecule has 24 heavy (non-hydrogen) atoms. The number of hydrogen-bond acceptors (Lipinski definition) is 3. The van der Waals surface area contributed by atoms with E-state index < -0.39 is 0 Å². The lowest BCUT2D eigenvalue weighted by Crippen LogP contribution is -2.46. The van der Waals surface area contributed by atoms with E-state index in [9.17, 15) is 0 Å². The van der Waals surface area contributed by atoms with Crippen molar-refractivity contribution >= 4 is 11.4 Å². The summed E-state index contributed by atoms with van der Waals surface area (Å²) < 4.78 is 5.80. The Morgan fingerprint density at radius 2 is 1.42 bits per heavy atom. The van der Waals surface area contributed by atoms with Gasteiger partial charge in [0.25, 0.3) is 0 Å². The van der Waals surface area contributed by atoms with Gasteiger partial charge >= 0.3 is 0 Å². The Morgan fingerprint density at radius 1 is 0.833 bits per heavy atom. The number of piperazine rings is 1. The second-order valence-electron chi connectivity index (χ2n) is 6.28. The Morgan fingerprint density at radius 3 is 2.00 bits per heavy atom. The minimum Gasteiger partial charge on any atom is -0.494 e. The maximum atomic E-state index is 5.80. The Labute approximate surface area is 145 Å². The highest BCUT2D eigenvalue weighted by Gasteiger charge is 2.17. The summed E-state index contributed by atoms with van der Waals surface area (Å²) in [5, 5.41) is 0. The number of ether oxygens (including phenoxy) is 1. The van der Waals surface area contributed by atoms with E-state index in [2.05, 4.69) is 59.2 Å². The fourth-order valence-electron chi connectivity index (χ4n) is 3.11. The SMILES string of the molecule is CCCCCOc1ccc(N2CCN(c3cc[c]cc3)CC2)cc1. The van der Waals surface area contributed by atoms with Gasteiger partial charge in [0.1, 0.15) is 5.75 Å². The monoisotopic (exact) mass is 323 g/mol. The molecule has 1 saturated heterocycles. The Bertz CT molecular complexity index is 589. The molecular formula is C21H27N2O. The van der Waals surface area contributed by atoms with Gasteiger partial charge in [-0.25, -0.2) is 0 Å². The number of hydrogen-bond donors (Lipinski definition) is 0. The zero-order valence-corrected chi connectivity index (χ0v) is 14.6. The highest BCUT2D eigenvalue weighted by molar-refractivity contribution is 5.52. The first-order valence-electron chi connectivity index (χ1n) is 9.05. The third kappa shape index (κ3) is 4.44. The van der Waals surface area contributed by atoms with Crippen molar-refractivity contribution in [3.8, 4) is 5.75 Å². The molecule has 1 fully saturated rings. The molecule has 0 atom stereocenters. The van der Waals surface area contributed by atoms with Gasteiger partial charge in [-0.15, -0.1) is 0 Å². The van der Waals surface area contributed by atoms with E-state index in [1.54, 1.807) is 0 Å². The summed E-state index contributed by atoms with van der Waals surface area (Å²) in [7, 11) is 0. The van der Waals surface area contributed by atoms with Crippen molar-refractivity contribution < 1.29 is 4.74 Å². The first kappa shape index (κ1) is 16.7. The van der Waals surface area contributed by atoms with Gasteiger partial charge < -0.3 is 14.5 Å². The number of benzene rings is 2. The van der Waals surface area contributed by atoms with Crippen LogP contribution in [0, 0.1) is 6.07 Å². The van der Waals surface area contributed by atoms with Crippen LogP contribution in [0.5, 0.6) is 5.75 Å².